The molecular formula is C19H27F3N6O2. The summed E-state index contributed by atoms with van der Waals surface area (Å²) in [6.07, 6.45) is -0.698. The van der Waals surface area contributed by atoms with Crippen LogP contribution in [0.5, 0.6) is 0 Å². The Labute approximate surface area is 173 Å². The zero-order valence-corrected chi connectivity index (χ0v) is 17.4. The largest absolute Gasteiger partial charge is 0.444 e. The van der Waals surface area contributed by atoms with Crippen molar-refractivity contribution in [2.24, 2.45) is 10.4 Å². The number of ether oxygens (including phenoxy) is 1. The van der Waals surface area contributed by atoms with Crippen molar-refractivity contribution in [2.75, 3.05) is 43.4 Å². The van der Waals surface area contributed by atoms with Crippen LogP contribution in [0.4, 0.5) is 29.6 Å². The molecule has 30 heavy (non-hydrogen) atoms. The van der Waals surface area contributed by atoms with E-state index >= 15 is 0 Å². The third-order valence-corrected chi connectivity index (χ3v) is 5.21. The zero-order valence-electron chi connectivity index (χ0n) is 17.4. The van der Waals surface area contributed by atoms with Crippen molar-refractivity contribution in [2.45, 2.75) is 45.4 Å². The van der Waals surface area contributed by atoms with Gasteiger partial charge >= 0.3 is 12.3 Å². The lowest BCUT2D eigenvalue weighted by atomic mass is 9.86. The molecule has 166 valence electrons. The topological polar surface area (TPSA) is 96.9 Å². The van der Waals surface area contributed by atoms with Gasteiger partial charge in [-0.1, -0.05) is 0 Å². The van der Waals surface area contributed by atoms with Gasteiger partial charge in [-0.2, -0.15) is 13.2 Å². The first kappa shape index (κ1) is 22.1. The molecule has 2 saturated heterocycles. The maximum atomic E-state index is 12.4. The highest BCUT2D eigenvalue weighted by Gasteiger charge is 2.46. The number of hydrogen-bond acceptors (Lipinski definition) is 7. The van der Waals surface area contributed by atoms with Crippen LogP contribution in [0.3, 0.4) is 0 Å². The molecule has 0 aliphatic carbocycles. The van der Waals surface area contributed by atoms with Gasteiger partial charge in [0.25, 0.3) is 0 Å². The van der Waals surface area contributed by atoms with Crippen molar-refractivity contribution < 1.29 is 22.7 Å². The van der Waals surface area contributed by atoms with Crippen LogP contribution in [0.2, 0.25) is 0 Å². The summed E-state index contributed by atoms with van der Waals surface area (Å²) >= 11 is 0. The van der Waals surface area contributed by atoms with Crippen molar-refractivity contribution >= 4 is 23.9 Å². The predicted octanol–water partition coefficient (Wildman–Crippen LogP) is 2.88. The Morgan fingerprint density at radius 2 is 1.97 bits per heavy atom. The van der Waals surface area contributed by atoms with E-state index in [9.17, 15) is 18.0 Å². The van der Waals surface area contributed by atoms with E-state index in [-0.39, 0.29) is 22.9 Å². The highest BCUT2D eigenvalue weighted by molar-refractivity contribution is 5.92. The standard InChI is InChI=1S/C19H27F3N6O2/c1-17(2,3)30-16(29)28-7-5-18(11-28)4-6-27(10-18)15-13(14(23)25-12-26-15)8-24-9-19(20,21)22/h8,12H,4-7,9-11H2,1-3H3,(H2,23,25,26). The summed E-state index contributed by atoms with van der Waals surface area (Å²) in [6.45, 7) is 6.63. The van der Waals surface area contributed by atoms with Crippen LogP contribution in [0.15, 0.2) is 11.3 Å². The Hall–Kier alpha value is -2.59. The van der Waals surface area contributed by atoms with E-state index in [1.165, 1.54) is 6.33 Å². The number of aliphatic imine (C=N–C) groups is 1. The number of carbonyl (C=O) groups is 1. The molecule has 11 heteroatoms. The maximum absolute atomic E-state index is 12.4. The average Bonchev–Trinajstić information content (AvgIpc) is 3.21. The molecule has 0 aromatic carbocycles. The van der Waals surface area contributed by atoms with Crippen LogP contribution < -0.4 is 10.6 Å². The van der Waals surface area contributed by atoms with Crippen LogP contribution in [0.1, 0.15) is 39.2 Å². The molecule has 0 bridgehead atoms. The first-order valence-electron chi connectivity index (χ1n) is 9.77. The fraction of sp³-hybridized carbons (Fsp3) is 0.684. The number of amides is 1. The Bertz CT molecular complexity index is 823. The van der Waals surface area contributed by atoms with Crippen molar-refractivity contribution in [3.05, 3.63) is 11.9 Å². The molecule has 2 aliphatic rings. The molecule has 8 nitrogen and oxygen atoms in total. The summed E-state index contributed by atoms with van der Waals surface area (Å²) in [5, 5.41) is 0. The van der Waals surface area contributed by atoms with Gasteiger partial charge < -0.3 is 20.3 Å². The highest BCUT2D eigenvalue weighted by atomic mass is 19.4. The molecule has 3 rings (SSSR count). The highest BCUT2D eigenvalue weighted by Crippen LogP contribution is 2.41. The second-order valence-corrected chi connectivity index (χ2v) is 8.90. The number of carbonyl (C=O) groups excluding carboxylic acids is 1. The van der Waals surface area contributed by atoms with Gasteiger partial charge in [-0.15, -0.1) is 0 Å². The summed E-state index contributed by atoms with van der Waals surface area (Å²) in [7, 11) is 0. The Kier molecular flexibility index (Phi) is 5.83. The minimum Gasteiger partial charge on any atom is -0.444 e. The van der Waals surface area contributed by atoms with Crippen LogP contribution in [0.25, 0.3) is 0 Å². The van der Waals surface area contributed by atoms with Gasteiger partial charge in [0.05, 0.1) is 5.56 Å². The van der Waals surface area contributed by atoms with Crippen molar-refractivity contribution in [3.63, 3.8) is 0 Å². The number of halogens is 3. The van der Waals surface area contributed by atoms with Gasteiger partial charge in [-0.3, -0.25) is 4.99 Å². The molecule has 2 fully saturated rings. The van der Waals surface area contributed by atoms with Crippen molar-refractivity contribution in [1.29, 1.82) is 0 Å². The molecule has 1 aromatic rings. The Balaban J connectivity index is 1.72. The summed E-state index contributed by atoms with van der Waals surface area (Å²) in [6, 6.07) is 0. The van der Waals surface area contributed by atoms with Crippen LogP contribution >= 0.6 is 0 Å². The van der Waals surface area contributed by atoms with Crippen LogP contribution in [-0.4, -0.2) is 71.7 Å². The molecule has 0 radical (unpaired) electrons. The lowest BCUT2D eigenvalue weighted by Gasteiger charge is -2.27. The molecule has 1 atom stereocenters. The SMILES string of the molecule is CC(C)(C)OC(=O)N1CCC2(CCN(c3ncnc(N)c3C=NCC(F)(F)F)C2)C1. The van der Waals surface area contributed by atoms with Gasteiger partial charge in [-0.25, -0.2) is 14.8 Å². The molecule has 2 aliphatic heterocycles. The maximum Gasteiger partial charge on any atom is 0.410 e. The second-order valence-electron chi connectivity index (χ2n) is 8.90. The van der Waals surface area contributed by atoms with E-state index in [0.29, 0.717) is 32.0 Å². The van der Waals surface area contributed by atoms with E-state index < -0.39 is 18.3 Å². The van der Waals surface area contributed by atoms with E-state index in [4.69, 9.17) is 10.5 Å². The number of rotatable bonds is 3. The normalized spacial score (nSPS) is 22.5. The van der Waals surface area contributed by atoms with Gasteiger partial charge in [0.1, 0.15) is 30.1 Å². The van der Waals surface area contributed by atoms with Gasteiger partial charge in [-0.05, 0) is 33.6 Å². The van der Waals surface area contributed by atoms with Gasteiger partial charge in [0.2, 0.25) is 0 Å². The fourth-order valence-corrected chi connectivity index (χ4v) is 3.88. The predicted molar refractivity (Wildman–Crippen MR) is 107 cm³/mol. The van der Waals surface area contributed by atoms with Gasteiger partial charge in [0.15, 0.2) is 0 Å². The number of alkyl halides is 3. The zero-order chi connectivity index (χ0) is 22.2. The number of nitrogens with zero attached hydrogens (tertiary/aromatic N) is 5. The molecule has 2 N–H and O–H groups in total. The molecule has 0 saturated carbocycles. The molecular weight excluding hydrogens is 401 g/mol. The van der Waals surface area contributed by atoms with E-state index in [2.05, 4.69) is 15.0 Å². The number of likely N-dealkylation sites (tertiary alicyclic amines) is 1. The van der Waals surface area contributed by atoms with E-state index in [1.807, 2.05) is 25.7 Å². The summed E-state index contributed by atoms with van der Waals surface area (Å²) in [4.78, 5) is 27.7. The number of hydrogen-bond donors (Lipinski definition) is 1. The average molecular weight is 428 g/mol. The summed E-state index contributed by atoms with van der Waals surface area (Å²) in [5.74, 6) is 0.537. The van der Waals surface area contributed by atoms with Crippen molar-refractivity contribution in [1.82, 2.24) is 14.9 Å². The van der Waals surface area contributed by atoms with E-state index in [0.717, 1.165) is 19.1 Å². The minimum absolute atomic E-state index is 0.0775. The molecule has 3 heterocycles. The third kappa shape index (κ3) is 5.31. The quantitative estimate of drug-likeness (QED) is 0.744. The number of anilines is 2. The summed E-state index contributed by atoms with van der Waals surface area (Å²) < 4.78 is 42.8. The first-order valence-corrected chi connectivity index (χ1v) is 9.77. The second kappa shape index (κ2) is 7.92. The Morgan fingerprint density at radius 1 is 1.27 bits per heavy atom. The fourth-order valence-electron chi connectivity index (χ4n) is 3.88. The smallest absolute Gasteiger partial charge is 0.410 e. The molecule has 1 unspecified atom stereocenters. The molecule has 1 aromatic heterocycles. The lowest BCUT2D eigenvalue weighted by Crippen LogP contribution is -2.37. The third-order valence-electron chi connectivity index (χ3n) is 5.21. The molecule has 1 spiro atoms. The monoisotopic (exact) mass is 428 g/mol. The molecule has 1 amide bonds. The first-order chi connectivity index (χ1) is 13.9. The summed E-state index contributed by atoms with van der Waals surface area (Å²) in [5.41, 5.74) is 5.49. The van der Waals surface area contributed by atoms with Gasteiger partial charge in [0, 0.05) is 37.8 Å². The lowest BCUT2D eigenvalue weighted by molar-refractivity contribution is -0.118. The van der Waals surface area contributed by atoms with Crippen LogP contribution in [0, 0.1) is 5.41 Å². The number of nitrogen functional groups attached to an aromatic ring is 1. The minimum atomic E-state index is -4.40. The van der Waals surface area contributed by atoms with E-state index in [1.54, 1.807) is 4.90 Å². The number of nitrogens with two attached hydrogens (primary N) is 1. The number of aromatic nitrogens is 2. The van der Waals surface area contributed by atoms with Crippen molar-refractivity contribution in [3.8, 4) is 0 Å². The van der Waals surface area contributed by atoms with Crippen LogP contribution in [-0.2, 0) is 4.74 Å². The Morgan fingerprint density at radius 3 is 2.63 bits per heavy atom.